The Morgan fingerprint density at radius 1 is 1.31 bits per heavy atom. The van der Waals surface area contributed by atoms with Crippen molar-refractivity contribution < 1.29 is 14.0 Å². The molecule has 1 saturated carbocycles. The summed E-state index contributed by atoms with van der Waals surface area (Å²) in [6.45, 7) is 2.33. The Morgan fingerprint density at radius 2 is 2.17 bits per heavy atom. The molecule has 2 fully saturated rings. The maximum atomic E-state index is 11.9. The summed E-state index contributed by atoms with van der Waals surface area (Å²) in [5.41, 5.74) is 1.57. The molecule has 3 aromatic heterocycles. The minimum atomic E-state index is -0.383. The number of anilines is 2. The van der Waals surface area contributed by atoms with Crippen LogP contribution in [-0.4, -0.2) is 37.4 Å². The van der Waals surface area contributed by atoms with Crippen molar-refractivity contribution in [3.63, 3.8) is 0 Å². The molecule has 5 rings (SSSR count). The van der Waals surface area contributed by atoms with Crippen molar-refractivity contribution in [2.45, 2.75) is 38.8 Å². The lowest BCUT2D eigenvalue weighted by Crippen LogP contribution is -2.19. The van der Waals surface area contributed by atoms with Gasteiger partial charge >= 0.3 is 0 Å². The van der Waals surface area contributed by atoms with E-state index in [2.05, 4.69) is 31.0 Å². The van der Waals surface area contributed by atoms with Gasteiger partial charge in [0.15, 0.2) is 5.65 Å². The van der Waals surface area contributed by atoms with Crippen LogP contribution in [0.3, 0.4) is 0 Å². The number of carbonyl (C=O) groups is 2. The fourth-order valence-corrected chi connectivity index (χ4v) is 3.13. The van der Waals surface area contributed by atoms with Gasteiger partial charge in [-0.1, -0.05) is 0 Å². The summed E-state index contributed by atoms with van der Waals surface area (Å²) >= 11 is 0. The number of hydrogen-bond donors (Lipinski definition) is 3. The van der Waals surface area contributed by atoms with Crippen molar-refractivity contribution in [2.24, 2.45) is 0 Å². The number of fused-ring (bicyclic) bond motifs is 1. The molecule has 4 heterocycles. The second kappa shape index (κ2) is 6.73. The summed E-state index contributed by atoms with van der Waals surface area (Å²) in [6, 6.07) is 4.17. The van der Waals surface area contributed by atoms with Crippen molar-refractivity contribution in [1.82, 2.24) is 24.9 Å². The van der Waals surface area contributed by atoms with E-state index in [4.69, 9.17) is 4.42 Å². The molecule has 10 heteroatoms. The number of rotatable bonds is 6. The van der Waals surface area contributed by atoms with Crippen LogP contribution in [0.4, 0.5) is 11.9 Å². The average molecular weight is 393 g/mol. The van der Waals surface area contributed by atoms with Gasteiger partial charge in [0.2, 0.25) is 17.8 Å². The lowest BCUT2D eigenvalue weighted by Gasteiger charge is -2.09. The normalized spacial score (nSPS) is 17.9. The van der Waals surface area contributed by atoms with Crippen LogP contribution < -0.4 is 16.0 Å². The van der Waals surface area contributed by atoms with E-state index in [1.54, 1.807) is 16.8 Å². The van der Waals surface area contributed by atoms with Gasteiger partial charge < -0.3 is 15.1 Å². The average Bonchev–Trinajstić information content (AvgIpc) is 3.10. The van der Waals surface area contributed by atoms with Crippen LogP contribution >= 0.6 is 0 Å². The molecule has 3 aromatic rings. The molecule has 0 bridgehead atoms. The molecule has 2 aliphatic rings. The molecule has 0 aromatic carbocycles. The number of nitrogens with zero attached hydrogens (tertiary/aromatic N) is 4. The number of aryl methyl sites for hydroxylation is 1. The first-order valence-corrected chi connectivity index (χ1v) is 9.41. The van der Waals surface area contributed by atoms with Crippen molar-refractivity contribution >= 4 is 35.4 Å². The zero-order valence-electron chi connectivity index (χ0n) is 15.7. The predicted molar refractivity (Wildman–Crippen MR) is 104 cm³/mol. The molecular weight excluding hydrogens is 374 g/mol. The van der Waals surface area contributed by atoms with E-state index >= 15 is 0 Å². The molecule has 0 unspecified atom stereocenters. The number of carbonyl (C=O) groups excluding carboxylic acids is 2. The zero-order valence-corrected chi connectivity index (χ0v) is 15.7. The highest BCUT2D eigenvalue weighted by atomic mass is 16.3. The van der Waals surface area contributed by atoms with Gasteiger partial charge in [0.25, 0.3) is 5.91 Å². The molecule has 0 atom stereocenters. The molecule has 3 N–H and O–H groups in total. The SMILES string of the molecule is Cc1ccc(CNc2nc(NC3CC3)n3ncc(/C=C4\CC(=O)NC4=O)c3n2)o1. The van der Waals surface area contributed by atoms with Gasteiger partial charge in [0.05, 0.1) is 19.2 Å². The number of furan rings is 1. The first-order chi connectivity index (χ1) is 14.0. The first kappa shape index (κ1) is 17.4. The van der Waals surface area contributed by atoms with Crippen molar-refractivity contribution in [1.29, 1.82) is 0 Å². The third-order valence-electron chi connectivity index (χ3n) is 4.75. The number of aromatic nitrogens is 4. The number of imide groups is 1. The molecule has 10 nitrogen and oxygen atoms in total. The monoisotopic (exact) mass is 393 g/mol. The Kier molecular flexibility index (Phi) is 4.04. The lowest BCUT2D eigenvalue weighted by molar-refractivity contribution is -0.124. The first-order valence-electron chi connectivity index (χ1n) is 9.41. The van der Waals surface area contributed by atoms with Gasteiger partial charge in [-0.2, -0.15) is 19.6 Å². The second-order valence-corrected chi connectivity index (χ2v) is 7.21. The maximum absolute atomic E-state index is 11.9. The van der Waals surface area contributed by atoms with Gasteiger partial charge in [-0.15, -0.1) is 0 Å². The molecule has 29 heavy (non-hydrogen) atoms. The summed E-state index contributed by atoms with van der Waals surface area (Å²) in [5.74, 6) is 1.92. The van der Waals surface area contributed by atoms with Gasteiger partial charge in [-0.3, -0.25) is 14.9 Å². The minimum absolute atomic E-state index is 0.0530. The summed E-state index contributed by atoms with van der Waals surface area (Å²) in [6.07, 6.45) is 5.49. The van der Waals surface area contributed by atoms with Crippen LogP contribution in [0.15, 0.2) is 28.3 Å². The van der Waals surface area contributed by atoms with E-state index in [-0.39, 0.29) is 18.2 Å². The van der Waals surface area contributed by atoms with E-state index in [0.717, 1.165) is 24.4 Å². The lowest BCUT2D eigenvalue weighted by atomic mass is 10.1. The van der Waals surface area contributed by atoms with Crippen molar-refractivity contribution in [3.8, 4) is 0 Å². The van der Waals surface area contributed by atoms with E-state index in [0.29, 0.717) is 41.3 Å². The maximum Gasteiger partial charge on any atom is 0.254 e. The van der Waals surface area contributed by atoms with Gasteiger partial charge in [0, 0.05) is 17.2 Å². The largest absolute Gasteiger partial charge is 0.465 e. The molecule has 1 aliphatic carbocycles. The van der Waals surface area contributed by atoms with Gasteiger partial charge in [-0.25, -0.2) is 0 Å². The molecule has 1 aliphatic heterocycles. The summed E-state index contributed by atoms with van der Waals surface area (Å²) in [4.78, 5) is 32.5. The van der Waals surface area contributed by atoms with E-state index in [1.165, 1.54) is 0 Å². The third-order valence-corrected chi connectivity index (χ3v) is 4.75. The number of hydrogen-bond acceptors (Lipinski definition) is 8. The Balaban J connectivity index is 1.50. The molecule has 1 saturated heterocycles. The third kappa shape index (κ3) is 3.56. The van der Waals surface area contributed by atoms with Crippen LogP contribution in [0.1, 0.15) is 36.3 Å². The van der Waals surface area contributed by atoms with E-state index in [9.17, 15) is 9.59 Å². The number of amides is 2. The molecule has 0 spiro atoms. The molecular formula is C19H19N7O3. The predicted octanol–water partition coefficient (Wildman–Crippen LogP) is 1.64. The van der Waals surface area contributed by atoms with Crippen LogP contribution in [-0.2, 0) is 16.1 Å². The Morgan fingerprint density at radius 3 is 2.86 bits per heavy atom. The highest BCUT2D eigenvalue weighted by Crippen LogP contribution is 2.26. The smallest absolute Gasteiger partial charge is 0.254 e. The summed E-state index contributed by atoms with van der Waals surface area (Å²) < 4.78 is 7.19. The van der Waals surface area contributed by atoms with Gasteiger partial charge in [-0.05, 0) is 38.0 Å². The summed E-state index contributed by atoms with van der Waals surface area (Å²) in [5, 5.41) is 13.2. The summed E-state index contributed by atoms with van der Waals surface area (Å²) in [7, 11) is 0. The van der Waals surface area contributed by atoms with E-state index < -0.39 is 0 Å². The zero-order chi connectivity index (χ0) is 20.0. The van der Waals surface area contributed by atoms with Crippen LogP contribution in [0.25, 0.3) is 11.7 Å². The quantitative estimate of drug-likeness (QED) is 0.426. The number of nitrogens with one attached hydrogen (secondary N) is 3. The Labute approximate surface area is 165 Å². The highest BCUT2D eigenvalue weighted by molar-refractivity contribution is 6.15. The Bertz CT molecular complexity index is 1160. The van der Waals surface area contributed by atoms with E-state index in [1.807, 2.05) is 19.1 Å². The second-order valence-electron chi connectivity index (χ2n) is 7.21. The topological polar surface area (TPSA) is 126 Å². The minimum Gasteiger partial charge on any atom is -0.465 e. The Hall–Kier alpha value is -3.69. The van der Waals surface area contributed by atoms with Crippen molar-refractivity contribution in [2.75, 3.05) is 10.6 Å². The van der Waals surface area contributed by atoms with Crippen LogP contribution in [0, 0.1) is 6.92 Å². The molecule has 148 valence electrons. The standard InChI is InChI=1S/C19H19N7O3/c1-10-2-5-14(29-10)9-20-18-24-16-12(6-11-7-15(27)23-17(11)28)8-21-26(16)19(25-18)22-13-3-4-13/h2,5-6,8,13H,3-4,7,9H2,1H3,(H,23,27,28)(H2,20,22,24,25)/b11-6+. The fraction of sp³-hybridized carbons (Fsp3) is 0.316. The fourth-order valence-electron chi connectivity index (χ4n) is 3.13. The van der Waals surface area contributed by atoms with Gasteiger partial charge in [0.1, 0.15) is 11.5 Å². The van der Waals surface area contributed by atoms with Crippen LogP contribution in [0.5, 0.6) is 0 Å². The molecule has 2 amide bonds. The van der Waals surface area contributed by atoms with Crippen LogP contribution in [0.2, 0.25) is 0 Å². The van der Waals surface area contributed by atoms with Crippen molar-refractivity contribution in [3.05, 3.63) is 41.0 Å². The highest BCUT2D eigenvalue weighted by Gasteiger charge is 2.26. The molecule has 0 radical (unpaired) electrons.